The lowest BCUT2D eigenvalue weighted by Crippen LogP contribution is -2.68. The Balaban J connectivity index is 1.59. The second-order valence-corrected chi connectivity index (χ2v) is 12.2. The van der Waals surface area contributed by atoms with Crippen molar-refractivity contribution in [3.05, 3.63) is 80.8 Å². The lowest BCUT2D eigenvalue weighted by molar-refractivity contribution is -0.160. The quantitative estimate of drug-likeness (QED) is 0.307. The van der Waals surface area contributed by atoms with Crippen molar-refractivity contribution in [2.75, 3.05) is 13.1 Å². The highest BCUT2D eigenvalue weighted by atomic mass is 32.1. The summed E-state index contributed by atoms with van der Waals surface area (Å²) in [5.74, 6) is -2.61. The van der Waals surface area contributed by atoms with E-state index in [0.717, 1.165) is 40.2 Å². The lowest BCUT2D eigenvalue weighted by atomic mass is 9.79. The molecule has 246 valence electrons. The van der Waals surface area contributed by atoms with Crippen molar-refractivity contribution in [2.24, 2.45) is 5.73 Å². The number of thiophene rings is 1. The van der Waals surface area contributed by atoms with Crippen LogP contribution in [-0.4, -0.2) is 57.2 Å². The van der Waals surface area contributed by atoms with Gasteiger partial charge in [0, 0.05) is 49.3 Å². The lowest BCUT2D eigenvalue weighted by Gasteiger charge is -2.50. The van der Waals surface area contributed by atoms with Crippen molar-refractivity contribution < 1.29 is 45.5 Å². The van der Waals surface area contributed by atoms with Crippen LogP contribution in [0.4, 0.5) is 26.3 Å². The highest BCUT2D eigenvalue weighted by Gasteiger charge is 2.56. The number of piperidine rings is 1. The molecule has 1 fully saturated rings. The largest absolute Gasteiger partial charge is 0.474 e. The van der Waals surface area contributed by atoms with Gasteiger partial charge < -0.3 is 20.3 Å². The maximum absolute atomic E-state index is 14.7. The highest BCUT2D eigenvalue weighted by molar-refractivity contribution is 7.10. The maximum atomic E-state index is 14.7. The fourth-order valence-electron chi connectivity index (χ4n) is 6.23. The second-order valence-electron chi connectivity index (χ2n) is 11.3. The number of hydrogen-bond donors (Lipinski definition) is 1. The van der Waals surface area contributed by atoms with Gasteiger partial charge in [0.1, 0.15) is 16.3 Å². The molecule has 0 radical (unpaired) electrons. The maximum Gasteiger partial charge on any atom is 0.425 e. The van der Waals surface area contributed by atoms with E-state index in [1.165, 1.54) is 4.90 Å². The molecule has 4 heterocycles. The van der Waals surface area contributed by atoms with Crippen LogP contribution >= 0.6 is 11.3 Å². The Morgan fingerprint density at radius 3 is 2.48 bits per heavy atom. The zero-order chi connectivity index (χ0) is 33.4. The van der Waals surface area contributed by atoms with Gasteiger partial charge in [-0.3, -0.25) is 19.4 Å². The first-order chi connectivity index (χ1) is 21.7. The van der Waals surface area contributed by atoms with Crippen molar-refractivity contribution in [3.8, 4) is 5.75 Å². The van der Waals surface area contributed by atoms with E-state index in [0.29, 0.717) is 29.7 Å². The van der Waals surface area contributed by atoms with Crippen molar-refractivity contribution in [3.63, 3.8) is 0 Å². The summed E-state index contributed by atoms with van der Waals surface area (Å²) in [6.45, 7) is 1.93. The zero-order valence-corrected chi connectivity index (χ0v) is 25.4. The third-order valence-electron chi connectivity index (χ3n) is 8.31. The fourth-order valence-corrected chi connectivity index (χ4v) is 6.90. The van der Waals surface area contributed by atoms with E-state index in [9.17, 15) is 40.7 Å². The number of halogens is 6. The number of fused-ring (bicyclic) bond motifs is 1. The van der Waals surface area contributed by atoms with Crippen LogP contribution in [0.5, 0.6) is 5.75 Å². The summed E-state index contributed by atoms with van der Waals surface area (Å²) < 4.78 is 88.6. The highest BCUT2D eigenvalue weighted by Crippen LogP contribution is 2.43. The van der Waals surface area contributed by atoms with E-state index in [1.807, 2.05) is 0 Å². The van der Waals surface area contributed by atoms with Gasteiger partial charge in [-0.05, 0) is 54.7 Å². The molecule has 46 heavy (non-hydrogen) atoms. The molecule has 2 aliphatic rings. The normalized spacial score (nSPS) is 20.3. The second kappa shape index (κ2) is 12.6. The van der Waals surface area contributed by atoms with Crippen molar-refractivity contribution >= 4 is 29.1 Å². The van der Waals surface area contributed by atoms with Gasteiger partial charge in [-0.1, -0.05) is 19.4 Å². The van der Waals surface area contributed by atoms with Gasteiger partial charge in [-0.15, -0.1) is 11.3 Å². The predicted octanol–water partition coefficient (Wildman–Crippen LogP) is 6.09. The standard InChI is InChI=1S/C31H30F6N4O4S/c1-2-5-23-29(45-21-15-24(46-17-21)31(35,36)37,28(44)40-13-9-18-7-8-19(26(38)42)14-20(18)16-40)10-4-12-41(23)27(43)25-22(30(32,33)34)6-3-11-39-25/h3,6-8,11,14-15,17,23H,2,4-5,9-10,12-13,16H2,1H3,(H2,38,42)/t23-,29+/m1/s1. The van der Waals surface area contributed by atoms with E-state index in [2.05, 4.69) is 4.98 Å². The molecule has 2 aromatic heterocycles. The number of amides is 3. The third kappa shape index (κ3) is 6.42. The molecule has 0 saturated carbocycles. The molecule has 5 rings (SSSR count). The van der Waals surface area contributed by atoms with Crippen LogP contribution in [0.3, 0.4) is 0 Å². The number of aromatic nitrogens is 1. The summed E-state index contributed by atoms with van der Waals surface area (Å²) >= 11 is 0.375. The molecule has 0 spiro atoms. The smallest absolute Gasteiger partial charge is 0.425 e. The van der Waals surface area contributed by atoms with Crippen LogP contribution in [0, 0.1) is 0 Å². The van der Waals surface area contributed by atoms with Gasteiger partial charge in [-0.2, -0.15) is 26.3 Å². The van der Waals surface area contributed by atoms with Crippen LogP contribution in [0.25, 0.3) is 0 Å². The minimum atomic E-state index is -4.89. The van der Waals surface area contributed by atoms with Gasteiger partial charge in [0.15, 0.2) is 0 Å². The summed E-state index contributed by atoms with van der Waals surface area (Å²) in [4.78, 5) is 45.8. The van der Waals surface area contributed by atoms with Gasteiger partial charge in [0.25, 0.3) is 11.8 Å². The first-order valence-electron chi connectivity index (χ1n) is 14.5. The molecule has 2 atom stereocenters. The Morgan fingerprint density at radius 1 is 1.07 bits per heavy atom. The molecule has 15 heteroatoms. The number of rotatable bonds is 7. The minimum absolute atomic E-state index is 0.0170. The van der Waals surface area contributed by atoms with Gasteiger partial charge in [0.05, 0.1) is 11.6 Å². The van der Waals surface area contributed by atoms with Crippen molar-refractivity contribution in [2.45, 2.75) is 69.6 Å². The summed E-state index contributed by atoms with van der Waals surface area (Å²) in [6, 6.07) is 6.30. The number of carbonyl (C=O) groups excluding carboxylic acids is 3. The van der Waals surface area contributed by atoms with Gasteiger partial charge in [-0.25, -0.2) is 0 Å². The number of nitrogens with two attached hydrogens (primary N) is 1. The molecule has 1 aromatic carbocycles. The van der Waals surface area contributed by atoms with Crippen LogP contribution in [0.15, 0.2) is 48.0 Å². The van der Waals surface area contributed by atoms with Gasteiger partial charge >= 0.3 is 12.4 Å². The number of pyridine rings is 1. The molecular formula is C31H30F6N4O4S. The first-order valence-corrected chi connectivity index (χ1v) is 15.4. The molecule has 0 aliphatic carbocycles. The monoisotopic (exact) mass is 668 g/mol. The van der Waals surface area contributed by atoms with Crippen LogP contribution in [-0.2, 0) is 30.1 Å². The number of benzene rings is 1. The first kappa shape index (κ1) is 33.2. The molecule has 8 nitrogen and oxygen atoms in total. The number of primary amides is 1. The summed E-state index contributed by atoms with van der Waals surface area (Å²) in [7, 11) is 0. The number of likely N-dealkylation sites (tertiary alicyclic amines) is 1. The average molecular weight is 669 g/mol. The van der Waals surface area contributed by atoms with E-state index in [4.69, 9.17) is 10.5 Å². The molecule has 2 N–H and O–H groups in total. The molecular weight excluding hydrogens is 638 g/mol. The fraction of sp³-hybridized carbons (Fsp3) is 0.419. The van der Waals surface area contributed by atoms with Crippen molar-refractivity contribution in [1.29, 1.82) is 0 Å². The van der Waals surface area contributed by atoms with Gasteiger partial charge in [0.2, 0.25) is 11.5 Å². The summed E-state index contributed by atoms with van der Waals surface area (Å²) in [5.41, 5.74) is 3.15. The van der Waals surface area contributed by atoms with E-state index in [1.54, 1.807) is 25.1 Å². The molecule has 1 saturated heterocycles. The molecule has 2 aliphatic heterocycles. The predicted molar refractivity (Wildman–Crippen MR) is 155 cm³/mol. The zero-order valence-electron chi connectivity index (χ0n) is 24.6. The minimum Gasteiger partial charge on any atom is -0.474 e. The number of ether oxygens (including phenoxy) is 1. The van der Waals surface area contributed by atoms with Crippen molar-refractivity contribution in [1.82, 2.24) is 14.8 Å². The number of nitrogens with zero attached hydrogens (tertiary/aromatic N) is 3. The Morgan fingerprint density at radius 2 is 1.83 bits per heavy atom. The number of alkyl halides is 6. The van der Waals surface area contributed by atoms with E-state index in [-0.39, 0.29) is 50.2 Å². The molecule has 0 bridgehead atoms. The van der Waals surface area contributed by atoms with Crippen LogP contribution < -0.4 is 10.5 Å². The Bertz CT molecular complexity index is 1640. The summed E-state index contributed by atoms with van der Waals surface area (Å²) in [6.07, 6.45) is -7.57. The van der Waals surface area contributed by atoms with E-state index >= 15 is 0 Å². The van der Waals surface area contributed by atoms with Crippen LogP contribution in [0.1, 0.15) is 75.0 Å². The molecule has 0 unspecified atom stereocenters. The Kier molecular flexibility index (Phi) is 9.08. The Labute approximate surface area is 264 Å². The number of carbonyl (C=O) groups is 3. The molecule has 3 amide bonds. The number of hydrogen-bond acceptors (Lipinski definition) is 6. The average Bonchev–Trinajstić information content (AvgIpc) is 3.49. The topological polar surface area (TPSA) is 106 Å². The Hall–Kier alpha value is -4.14. The SMILES string of the molecule is CCC[C@H]1N(C(=O)c2ncccc2C(F)(F)F)CCC[C@@]1(Oc1csc(C(F)(F)F)c1)C(=O)N1CCc2ccc(C(N)=O)cc2C1. The third-order valence-corrected chi connectivity index (χ3v) is 9.26. The summed E-state index contributed by atoms with van der Waals surface area (Å²) in [5, 5.41) is 1.12. The van der Waals surface area contributed by atoms with Crippen LogP contribution in [0.2, 0.25) is 0 Å². The molecule has 3 aromatic rings. The van der Waals surface area contributed by atoms with E-state index < -0.39 is 57.9 Å².